The maximum atomic E-state index is 12.1. The zero-order chi connectivity index (χ0) is 33.7. The number of non-ortho nitro benzene ring substituents is 1. The molecule has 0 unspecified atom stereocenters. The van der Waals surface area contributed by atoms with Crippen molar-refractivity contribution in [3.05, 3.63) is 129 Å². The number of nitrogens with zero attached hydrogens (tertiary/aromatic N) is 6. The quantitative estimate of drug-likeness (QED) is 0.105. The van der Waals surface area contributed by atoms with Crippen LogP contribution in [-0.2, 0) is 17.4 Å². The van der Waals surface area contributed by atoms with E-state index in [0.717, 1.165) is 29.0 Å². The zero-order valence-electron chi connectivity index (χ0n) is 24.7. The Morgan fingerprint density at radius 3 is 1.81 bits per heavy atom. The second-order valence-electron chi connectivity index (χ2n) is 9.99. The van der Waals surface area contributed by atoms with Crippen LogP contribution in [0.3, 0.4) is 0 Å². The van der Waals surface area contributed by atoms with Gasteiger partial charge in [-0.1, -0.05) is 84.3 Å². The molecule has 0 saturated heterocycles. The summed E-state index contributed by atoms with van der Waals surface area (Å²) in [6, 6.07) is 26.4. The molecule has 0 amide bonds. The van der Waals surface area contributed by atoms with Gasteiger partial charge in [0.05, 0.1) is 26.9 Å². The summed E-state index contributed by atoms with van der Waals surface area (Å²) in [5, 5.41) is 85.8. The number of benzene rings is 6. The van der Waals surface area contributed by atoms with Crippen LogP contribution in [0.25, 0.3) is 21.5 Å². The van der Waals surface area contributed by atoms with Gasteiger partial charge in [0.15, 0.2) is 0 Å². The Bertz CT molecular complexity index is 2240. The van der Waals surface area contributed by atoms with Crippen molar-refractivity contribution in [2.75, 3.05) is 0 Å². The normalized spacial score (nSPS) is 10.9. The van der Waals surface area contributed by atoms with Crippen LogP contribution in [0.2, 0.25) is 0 Å². The van der Waals surface area contributed by atoms with E-state index >= 15 is 0 Å². The third-order valence-corrected chi connectivity index (χ3v) is 6.80. The van der Waals surface area contributed by atoms with Crippen LogP contribution in [0.4, 0.5) is 34.1 Å². The largest absolute Gasteiger partial charge is 3.00 e. The van der Waals surface area contributed by atoms with Gasteiger partial charge < -0.3 is 20.4 Å². The van der Waals surface area contributed by atoms with Gasteiger partial charge in [0.2, 0.25) is 0 Å². The molecule has 1 N–H and O–H groups in total. The van der Waals surface area contributed by atoms with Gasteiger partial charge in [-0.3, -0.25) is 20.2 Å². The summed E-state index contributed by atoms with van der Waals surface area (Å²) in [5.41, 5.74) is -0.325. The number of phenolic OH excluding ortho intramolecular Hbond substituents is 1. The van der Waals surface area contributed by atoms with Gasteiger partial charge in [0.1, 0.15) is 11.4 Å². The maximum Gasteiger partial charge on any atom is 3.00 e. The number of hydrogen-bond donors (Lipinski definition) is 1. The average Bonchev–Trinajstić information content (AvgIpc) is 3.06. The predicted octanol–water partition coefficient (Wildman–Crippen LogP) is 7.56. The molecule has 1 radical (unpaired) electrons. The van der Waals surface area contributed by atoms with Crippen molar-refractivity contribution in [1.29, 1.82) is 0 Å². The number of rotatable bonds is 6. The molecule has 0 aliphatic rings. The fraction of sp³-hybridized carbons (Fsp3) is 0.0303. The van der Waals surface area contributed by atoms with Gasteiger partial charge in [-0.05, 0) is 35.4 Å². The SMILES string of the molecule is Cc1cc(N=Nc2c(O)ccc3ccccc23)c([O-])c([N+](=O)[O-])c1.O=[N+]([O-])c1ccc([O-])c(N=Nc2c([O-])ccc3ccccc23)c1.[Cr+3]. The minimum atomic E-state index is -0.811. The third kappa shape index (κ3) is 7.50. The van der Waals surface area contributed by atoms with Crippen molar-refractivity contribution in [2.45, 2.75) is 6.92 Å². The van der Waals surface area contributed by atoms with Crippen LogP contribution >= 0.6 is 0 Å². The first kappa shape index (κ1) is 34.4. The zero-order valence-corrected chi connectivity index (χ0v) is 26.0. The van der Waals surface area contributed by atoms with E-state index in [0.29, 0.717) is 16.3 Å². The van der Waals surface area contributed by atoms with E-state index in [4.69, 9.17) is 0 Å². The molecule has 0 aliphatic heterocycles. The molecular weight excluding hydrogens is 660 g/mol. The van der Waals surface area contributed by atoms with Gasteiger partial charge in [-0.25, -0.2) is 0 Å². The van der Waals surface area contributed by atoms with Crippen molar-refractivity contribution in [2.24, 2.45) is 20.5 Å². The number of hydrogen-bond acceptors (Lipinski definition) is 12. The number of fused-ring (bicyclic) bond motifs is 2. The number of nitro benzene ring substituents is 2. The van der Waals surface area contributed by atoms with Crippen molar-refractivity contribution < 1.29 is 47.6 Å². The van der Waals surface area contributed by atoms with E-state index in [1.165, 1.54) is 24.3 Å². The topological polar surface area (TPSA) is 225 Å². The van der Waals surface area contributed by atoms with Crippen LogP contribution in [0.5, 0.6) is 23.0 Å². The van der Waals surface area contributed by atoms with E-state index in [9.17, 15) is 40.7 Å². The summed E-state index contributed by atoms with van der Waals surface area (Å²) in [7, 11) is 0. The minimum Gasteiger partial charge on any atom is -0.871 e. The standard InChI is InChI=1S/C17H13N3O4.C16H11N3O4.Cr/c1-10-8-13(17(22)14(9-10)20(23)24)18-19-16-12-5-3-2-4-11(12)6-7-15(16)21;20-14-8-6-11(19(22)23)9-13(14)17-18-16-12-4-2-1-3-10(12)5-7-15(16)21;/h2-9,21-22H,1H3;1-9,20-21H;/q;;+3/p-3. The minimum absolute atomic E-state index is 0. The van der Waals surface area contributed by atoms with E-state index < -0.39 is 27.0 Å². The summed E-state index contributed by atoms with van der Waals surface area (Å²) >= 11 is 0. The average molecular weight is 682 g/mol. The molecule has 48 heavy (non-hydrogen) atoms. The van der Waals surface area contributed by atoms with E-state index in [2.05, 4.69) is 20.5 Å². The molecule has 0 spiro atoms. The van der Waals surface area contributed by atoms with Crippen molar-refractivity contribution in [3.63, 3.8) is 0 Å². The fourth-order valence-electron chi connectivity index (χ4n) is 4.54. The second-order valence-corrected chi connectivity index (χ2v) is 9.99. The Morgan fingerprint density at radius 1 is 0.604 bits per heavy atom. The summed E-state index contributed by atoms with van der Waals surface area (Å²) in [6.45, 7) is 1.63. The van der Waals surface area contributed by atoms with Gasteiger partial charge >= 0.3 is 17.4 Å². The summed E-state index contributed by atoms with van der Waals surface area (Å²) in [5.74, 6) is -1.75. The monoisotopic (exact) mass is 681 g/mol. The molecule has 6 rings (SSSR count). The molecule has 6 aromatic carbocycles. The summed E-state index contributed by atoms with van der Waals surface area (Å²) in [4.78, 5) is 20.3. The van der Waals surface area contributed by atoms with Gasteiger partial charge in [0, 0.05) is 34.7 Å². The van der Waals surface area contributed by atoms with Gasteiger partial charge in [-0.2, -0.15) is 15.3 Å². The molecule has 0 aliphatic carbocycles. The number of nitro groups is 2. The molecule has 237 valence electrons. The molecule has 0 atom stereocenters. The summed E-state index contributed by atoms with van der Waals surface area (Å²) < 4.78 is 0. The van der Waals surface area contributed by atoms with Crippen LogP contribution in [0.1, 0.15) is 5.56 Å². The molecule has 0 aromatic heterocycles. The number of aryl methyl sites for hydroxylation is 1. The van der Waals surface area contributed by atoms with E-state index in [1.807, 2.05) is 24.3 Å². The third-order valence-electron chi connectivity index (χ3n) is 6.80. The Kier molecular flexibility index (Phi) is 10.6. The molecule has 15 heteroatoms. The van der Waals surface area contributed by atoms with E-state index in [-0.39, 0.29) is 57.3 Å². The van der Waals surface area contributed by atoms with Crippen molar-refractivity contribution in [1.82, 2.24) is 0 Å². The Morgan fingerprint density at radius 2 is 1.17 bits per heavy atom. The maximum absolute atomic E-state index is 12.1. The first-order valence-electron chi connectivity index (χ1n) is 13.7. The first-order valence-corrected chi connectivity index (χ1v) is 13.7. The molecule has 14 nitrogen and oxygen atoms in total. The fourth-order valence-corrected chi connectivity index (χ4v) is 4.54. The van der Waals surface area contributed by atoms with Crippen molar-refractivity contribution >= 4 is 55.7 Å². The molecule has 0 heterocycles. The first-order chi connectivity index (χ1) is 22.5. The van der Waals surface area contributed by atoms with Crippen molar-refractivity contribution in [3.8, 4) is 23.0 Å². The Labute approximate surface area is 282 Å². The predicted molar refractivity (Wildman–Crippen MR) is 167 cm³/mol. The summed E-state index contributed by atoms with van der Waals surface area (Å²) in [6.07, 6.45) is 0. The van der Waals surface area contributed by atoms with Crippen LogP contribution in [-0.4, -0.2) is 15.0 Å². The van der Waals surface area contributed by atoms with Crippen LogP contribution < -0.4 is 15.3 Å². The molecule has 6 aromatic rings. The molecule has 0 fully saturated rings. The number of azo groups is 2. The Hall–Kier alpha value is -6.43. The molecule has 0 saturated carbocycles. The number of aromatic hydroxyl groups is 1. The van der Waals surface area contributed by atoms with Gasteiger partial charge in [0.25, 0.3) is 11.4 Å². The molecule has 0 bridgehead atoms. The Balaban J connectivity index is 0.000000212. The van der Waals surface area contributed by atoms with E-state index in [1.54, 1.807) is 43.3 Å². The van der Waals surface area contributed by atoms with Gasteiger partial charge in [-0.15, -0.1) is 5.11 Å². The van der Waals surface area contributed by atoms with Crippen LogP contribution in [0, 0.1) is 27.2 Å². The molecular formula is C33H21CrN6O8. The second kappa shape index (κ2) is 14.8. The van der Waals surface area contributed by atoms with Crippen LogP contribution in [0.15, 0.2) is 124 Å². The number of phenols is 1. The smallest absolute Gasteiger partial charge is 0.871 e.